The lowest BCUT2D eigenvalue weighted by Crippen LogP contribution is -2.27. The second-order valence-electron chi connectivity index (χ2n) is 6.51. The summed E-state index contributed by atoms with van der Waals surface area (Å²) in [5.41, 5.74) is 4.59. The SMILES string of the molecule is O=C(O)C1COc2ccc(COCc3ccc(-c4ccn[nH]4)nc3)cc2C1. The van der Waals surface area contributed by atoms with Crippen LogP contribution >= 0.6 is 0 Å². The van der Waals surface area contributed by atoms with E-state index in [1.807, 2.05) is 36.4 Å². The van der Waals surface area contributed by atoms with Gasteiger partial charge in [0.15, 0.2) is 0 Å². The van der Waals surface area contributed by atoms with E-state index in [2.05, 4.69) is 15.2 Å². The molecule has 0 spiro atoms. The molecule has 3 aromatic rings. The van der Waals surface area contributed by atoms with E-state index in [4.69, 9.17) is 14.6 Å². The Bertz CT molecular complexity index is 923. The zero-order valence-electron chi connectivity index (χ0n) is 14.6. The highest BCUT2D eigenvalue weighted by Crippen LogP contribution is 2.28. The lowest BCUT2D eigenvalue weighted by Gasteiger charge is -2.23. The summed E-state index contributed by atoms with van der Waals surface area (Å²) in [6.45, 7) is 1.11. The summed E-state index contributed by atoms with van der Waals surface area (Å²) in [6.07, 6.45) is 3.96. The van der Waals surface area contributed by atoms with Crippen molar-refractivity contribution in [2.45, 2.75) is 19.6 Å². The fourth-order valence-corrected chi connectivity index (χ4v) is 3.05. The van der Waals surface area contributed by atoms with E-state index in [9.17, 15) is 4.79 Å². The van der Waals surface area contributed by atoms with Crippen molar-refractivity contribution in [3.63, 3.8) is 0 Å². The van der Waals surface area contributed by atoms with Crippen molar-refractivity contribution in [3.05, 3.63) is 65.5 Å². The molecule has 0 aliphatic carbocycles. The van der Waals surface area contributed by atoms with Crippen LogP contribution in [0.15, 0.2) is 48.8 Å². The molecule has 2 aromatic heterocycles. The third kappa shape index (κ3) is 3.98. The van der Waals surface area contributed by atoms with Crippen LogP contribution in [0, 0.1) is 5.92 Å². The molecule has 1 atom stereocenters. The summed E-state index contributed by atoms with van der Waals surface area (Å²) < 4.78 is 11.3. The quantitative estimate of drug-likeness (QED) is 0.697. The minimum Gasteiger partial charge on any atom is -0.492 e. The number of rotatable bonds is 6. The number of pyridine rings is 1. The molecule has 2 N–H and O–H groups in total. The first-order chi connectivity index (χ1) is 13.2. The number of aromatic nitrogens is 3. The van der Waals surface area contributed by atoms with E-state index in [1.165, 1.54) is 0 Å². The first kappa shape index (κ1) is 17.2. The molecule has 0 saturated carbocycles. The normalized spacial score (nSPS) is 15.8. The monoisotopic (exact) mass is 365 g/mol. The lowest BCUT2D eigenvalue weighted by molar-refractivity contribution is -0.143. The average Bonchev–Trinajstić information content (AvgIpc) is 3.23. The van der Waals surface area contributed by atoms with Gasteiger partial charge in [-0.25, -0.2) is 0 Å². The molecule has 1 aliphatic heterocycles. The summed E-state index contributed by atoms with van der Waals surface area (Å²) in [5, 5.41) is 16.0. The molecule has 7 nitrogen and oxygen atoms in total. The van der Waals surface area contributed by atoms with Gasteiger partial charge in [0.25, 0.3) is 0 Å². The van der Waals surface area contributed by atoms with E-state index in [1.54, 1.807) is 12.4 Å². The van der Waals surface area contributed by atoms with Gasteiger partial charge in [0.05, 0.1) is 30.5 Å². The van der Waals surface area contributed by atoms with E-state index in [0.29, 0.717) is 19.6 Å². The molecule has 0 amide bonds. The molecule has 0 saturated heterocycles. The molecule has 1 unspecified atom stereocenters. The Hall–Kier alpha value is -3.19. The molecular formula is C20H19N3O4. The smallest absolute Gasteiger partial charge is 0.310 e. The van der Waals surface area contributed by atoms with Gasteiger partial charge in [0.2, 0.25) is 0 Å². The molecule has 3 heterocycles. The first-order valence-corrected chi connectivity index (χ1v) is 8.69. The van der Waals surface area contributed by atoms with Gasteiger partial charge in [0, 0.05) is 12.4 Å². The number of hydrogen-bond donors (Lipinski definition) is 2. The summed E-state index contributed by atoms with van der Waals surface area (Å²) >= 11 is 0. The van der Waals surface area contributed by atoms with E-state index in [0.717, 1.165) is 33.8 Å². The van der Waals surface area contributed by atoms with Crippen LogP contribution in [0.25, 0.3) is 11.4 Å². The number of carboxylic acid groups (broad SMARTS) is 1. The molecule has 138 valence electrons. The van der Waals surface area contributed by atoms with Crippen LogP contribution in [-0.2, 0) is 29.2 Å². The van der Waals surface area contributed by atoms with Crippen molar-refractivity contribution in [1.29, 1.82) is 0 Å². The van der Waals surface area contributed by atoms with Gasteiger partial charge in [0.1, 0.15) is 12.4 Å². The molecule has 0 radical (unpaired) electrons. The summed E-state index contributed by atoms with van der Waals surface area (Å²) in [4.78, 5) is 15.6. The van der Waals surface area contributed by atoms with Crippen molar-refractivity contribution < 1.29 is 19.4 Å². The zero-order chi connectivity index (χ0) is 18.6. The standard InChI is InChI=1S/C20H19N3O4/c24-20(25)16-8-15-7-13(2-4-19(15)27-12-16)10-26-11-14-1-3-17(21-9-14)18-5-6-22-23-18/h1-7,9,16H,8,10-12H2,(H,22,23)(H,24,25). The van der Waals surface area contributed by atoms with Crippen LogP contribution in [0.5, 0.6) is 5.75 Å². The van der Waals surface area contributed by atoms with Crippen LogP contribution in [-0.4, -0.2) is 32.9 Å². The van der Waals surface area contributed by atoms with Crippen LogP contribution in [0.1, 0.15) is 16.7 Å². The predicted molar refractivity (Wildman–Crippen MR) is 97.1 cm³/mol. The number of H-pyrrole nitrogens is 1. The highest BCUT2D eigenvalue weighted by molar-refractivity contribution is 5.71. The van der Waals surface area contributed by atoms with Crippen molar-refractivity contribution in [2.24, 2.45) is 5.92 Å². The molecule has 1 aliphatic rings. The number of hydrogen-bond acceptors (Lipinski definition) is 5. The van der Waals surface area contributed by atoms with Gasteiger partial charge >= 0.3 is 5.97 Å². The number of nitrogens with one attached hydrogen (secondary N) is 1. The second-order valence-corrected chi connectivity index (χ2v) is 6.51. The molecule has 7 heteroatoms. The maximum atomic E-state index is 11.2. The summed E-state index contributed by atoms with van der Waals surface area (Å²) in [6, 6.07) is 11.6. The van der Waals surface area contributed by atoms with Crippen molar-refractivity contribution >= 4 is 5.97 Å². The Morgan fingerprint density at radius 1 is 1.22 bits per heavy atom. The first-order valence-electron chi connectivity index (χ1n) is 8.69. The average molecular weight is 365 g/mol. The van der Waals surface area contributed by atoms with Crippen LogP contribution in [0.4, 0.5) is 0 Å². The zero-order valence-corrected chi connectivity index (χ0v) is 14.6. The van der Waals surface area contributed by atoms with Gasteiger partial charge in [-0.15, -0.1) is 0 Å². The lowest BCUT2D eigenvalue weighted by atomic mass is 9.95. The van der Waals surface area contributed by atoms with E-state index >= 15 is 0 Å². The summed E-state index contributed by atoms with van der Waals surface area (Å²) in [5.74, 6) is -0.559. The number of ether oxygens (including phenoxy) is 2. The minimum absolute atomic E-state index is 0.222. The number of aliphatic carboxylic acids is 1. The Balaban J connectivity index is 1.34. The number of fused-ring (bicyclic) bond motifs is 1. The predicted octanol–water partition coefficient (Wildman–Crippen LogP) is 2.82. The maximum Gasteiger partial charge on any atom is 0.310 e. The fourth-order valence-electron chi connectivity index (χ4n) is 3.05. The Kier molecular flexibility index (Phi) is 4.84. The van der Waals surface area contributed by atoms with Crippen molar-refractivity contribution in [3.8, 4) is 17.1 Å². The van der Waals surface area contributed by atoms with Crippen molar-refractivity contribution in [1.82, 2.24) is 15.2 Å². The Morgan fingerprint density at radius 3 is 2.81 bits per heavy atom. The largest absolute Gasteiger partial charge is 0.492 e. The van der Waals surface area contributed by atoms with Crippen LogP contribution in [0.2, 0.25) is 0 Å². The van der Waals surface area contributed by atoms with Gasteiger partial charge in [-0.3, -0.25) is 14.9 Å². The highest BCUT2D eigenvalue weighted by Gasteiger charge is 2.25. The number of aromatic amines is 1. The second kappa shape index (κ2) is 7.59. The molecule has 0 fully saturated rings. The molecular weight excluding hydrogens is 346 g/mol. The molecule has 27 heavy (non-hydrogen) atoms. The van der Waals surface area contributed by atoms with Crippen LogP contribution < -0.4 is 4.74 Å². The number of nitrogens with zero attached hydrogens (tertiary/aromatic N) is 2. The molecule has 0 bridgehead atoms. The summed E-state index contributed by atoms with van der Waals surface area (Å²) in [7, 11) is 0. The molecule has 4 rings (SSSR count). The van der Waals surface area contributed by atoms with Gasteiger partial charge in [-0.2, -0.15) is 5.10 Å². The van der Waals surface area contributed by atoms with Crippen molar-refractivity contribution in [2.75, 3.05) is 6.61 Å². The number of carboxylic acids is 1. The van der Waals surface area contributed by atoms with Gasteiger partial charge in [-0.1, -0.05) is 12.1 Å². The minimum atomic E-state index is -0.826. The number of benzene rings is 1. The topological polar surface area (TPSA) is 97.3 Å². The van der Waals surface area contributed by atoms with Gasteiger partial charge in [-0.05, 0) is 47.4 Å². The third-order valence-corrected chi connectivity index (χ3v) is 4.52. The number of carbonyl (C=O) groups is 1. The third-order valence-electron chi connectivity index (χ3n) is 4.52. The molecule has 1 aromatic carbocycles. The fraction of sp³-hybridized carbons (Fsp3) is 0.250. The van der Waals surface area contributed by atoms with Gasteiger partial charge < -0.3 is 14.6 Å². The van der Waals surface area contributed by atoms with E-state index < -0.39 is 11.9 Å². The van der Waals surface area contributed by atoms with Crippen LogP contribution in [0.3, 0.4) is 0 Å². The Labute approximate surface area is 156 Å². The Morgan fingerprint density at radius 2 is 2.07 bits per heavy atom. The highest BCUT2D eigenvalue weighted by atomic mass is 16.5. The van der Waals surface area contributed by atoms with E-state index in [-0.39, 0.29) is 6.61 Å². The maximum absolute atomic E-state index is 11.2.